The van der Waals surface area contributed by atoms with Gasteiger partial charge in [-0.1, -0.05) is 69.9 Å². The van der Waals surface area contributed by atoms with Crippen LogP contribution in [0.25, 0.3) is 10.9 Å². The molecule has 36 heavy (non-hydrogen) atoms. The van der Waals surface area contributed by atoms with E-state index in [-0.39, 0.29) is 5.78 Å². The number of H-pyrrole nitrogens is 1. The number of ketones is 1. The molecule has 2 aromatic heterocycles. The Hall–Kier alpha value is -2.22. The van der Waals surface area contributed by atoms with Gasteiger partial charge in [-0.3, -0.25) is 9.59 Å². The van der Waals surface area contributed by atoms with E-state index in [4.69, 9.17) is 17.3 Å². The predicted molar refractivity (Wildman–Crippen MR) is 150 cm³/mol. The largest absolute Gasteiger partial charge is 0.364 e. The number of likely N-dealkylation sites (N-methyl/N-ethyl adjacent to an activating group) is 1. The molecule has 6 nitrogen and oxygen atoms in total. The smallest absolute Gasteiger partial charge is 0.265 e. The van der Waals surface area contributed by atoms with Gasteiger partial charge in [0.2, 0.25) is 0 Å². The van der Waals surface area contributed by atoms with E-state index >= 15 is 0 Å². The molecule has 196 valence electrons. The van der Waals surface area contributed by atoms with Crippen LogP contribution in [0.3, 0.4) is 0 Å². The summed E-state index contributed by atoms with van der Waals surface area (Å²) in [5.74, 6) is 0.710. The van der Waals surface area contributed by atoms with Crippen molar-refractivity contribution in [3.05, 3.63) is 50.6 Å². The molecular weight excluding hydrogens is 492 g/mol. The summed E-state index contributed by atoms with van der Waals surface area (Å²) < 4.78 is 0. The first-order valence-corrected chi connectivity index (χ1v) is 14.2. The average Bonchev–Trinajstić information content (AvgIpc) is 3.37. The van der Waals surface area contributed by atoms with Crippen LogP contribution in [0.2, 0.25) is 5.02 Å². The van der Waals surface area contributed by atoms with E-state index in [0.717, 1.165) is 42.0 Å². The molecule has 3 heterocycles. The number of aromatic amines is 1. The van der Waals surface area contributed by atoms with E-state index in [1.54, 1.807) is 36.5 Å². The van der Waals surface area contributed by atoms with E-state index in [1.807, 2.05) is 6.07 Å². The second-order valence-electron chi connectivity index (χ2n) is 9.86. The quantitative estimate of drug-likeness (QED) is 0.280. The number of rotatable bonds is 4. The van der Waals surface area contributed by atoms with Gasteiger partial charge in [-0.05, 0) is 37.2 Å². The summed E-state index contributed by atoms with van der Waals surface area (Å²) in [5.41, 5.74) is 7.50. The highest BCUT2D eigenvalue weighted by Crippen LogP contribution is 2.26. The fourth-order valence-corrected chi connectivity index (χ4v) is 6.03. The summed E-state index contributed by atoms with van der Waals surface area (Å²) >= 11 is 7.32. The highest BCUT2D eigenvalue weighted by atomic mass is 35.5. The number of carbonyl (C=O) groups excluding carboxylic acids is 2. The van der Waals surface area contributed by atoms with Gasteiger partial charge in [-0.25, -0.2) is 4.98 Å². The van der Waals surface area contributed by atoms with Crippen LogP contribution in [0.15, 0.2) is 24.3 Å². The fraction of sp³-hybridized carbons (Fsp3) is 0.536. The number of Topliss-reactive ketones (excluding diaryl/α,β-unsaturated/α-hetero) is 1. The van der Waals surface area contributed by atoms with Gasteiger partial charge in [0.15, 0.2) is 10.8 Å². The standard InChI is InChI=1S/C10H20.C9H7ClN2O.C9H12N2OS/c1-2-7-10-8-5-3-4-6-9-10;10-6-1-2-7-5(3-6)4-8(12-7)9(11)13;1-6(12)9-10-7-3-4-11(2)5-8(7)13-9/h10H,2-9H2,1H3;1-4,12H,(H2,11,13);3-5H2,1-2H3. The molecule has 3 N–H and O–H groups in total. The molecule has 1 aliphatic heterocycles. The molecule has 1 amide bonds. The summed E-state index contributed by atoms with van der Waals surface area (Å²) in [6, 6.07) is 7.03. The number of nitrogens with one attached hydrogen (secondary N) is 1. The van der Waals surface area contributed by atoms with Crippen LogP contribution >= 0.6 is 22.9 Å². The van der Waals surface area contributed by atoms with Gasteiger partial charge in [0.05, 0.1) is 5.69 Å². The molecule has 8 heteroatoms. The summed E-state index contributed by atoms with van der Waals surface area (Å²) in [4.78, 5) is 32.6. The van der Waals surface area contributed by atoms with Gasteiger partial charge in [0, 0.05) is 47.2 Å². The molecular formula is C28H39ClN4O2S. The molecule has 1 aliphatic carbocycles. The number of hydrogen-bond acceptors (Lipinski definition) is 5. The van der Waals surface area contributed by atoms with Gasteiger partial charge < -0.3 is 15.6 Å². The van der Waals surface area contributed by atoms with E-state index in [1.165, 1.54) is 56.2 Å². The van der Waals surface area contributed by atoms with Gasteiger partial charge in [0.1, 0.15) is 5.69 Å². The monoisotopic (exact) mass is 530 g/mol. The zero-order chi connectivity index (χ0) is 26.1. The minimum Gasteiger partial charge on any atom is -0.364 e. The minimum atomic E-state index is -0.465. The topological polar surface area (TPSA) is 92.1 Å². The third-order valence-electron chi connectivity index (χ3n) is 6.74. The number of primary amides is 1. The predicted octanol–water partition coefficient (Wildman–Crippen LogP) is 7.01. The summed E-state index contributed by atoms with van der Waals surface area (Å²) in [5, 5.41) is 2.20. The molecule has 2 aliphatic rings. The lowest BCUT2D eigenvalue weighted by Crippen LogP contribution is -2.25. The Morgan fingerprint density at radius 3 is 2.56 bits per heavy atom. The molecule has 0 atom stereocenters. The Kier molecular flexibility index (Phi) is 11.0. The molecule has 0 spiro atoms. The van der Waals surface area contributed by atoms with Crippen molar-refractivity contribution in [2.75, 3.05) is 13.6 Å². The first-order chi connectivity index (χ1) is 17.3. The maximum atomic E-state index is 11.1. The Morgan fingerprint density at radius 2 is 1.92 bits per heavy atom. The van der Waals surface area contributed by atoms with E-state index in [9.17, 15) is 9.59 Å². The van der Waals surface area contributed by atoms with Crippen LogP contribution in [0, 0.1) is 5.92 Å². The summed E-state index contributed by atoms with van der Waals surface area (Å²) in [6.45, 7) is 5.88. The third kappa shape index (κ3) is 8.43. The van der Waals surface area contributed by atoms with Crippen molar-refractivity contribution in [3.63, 3.8) is 0 Å². The third-order valence-corrected chi connectivity index (χ3v) is 8.16. The summed E-state index contributed by atoms with van der Waals surface area (Å²) in [7, 11) is 2.09. The van der Waals surface area contributed by atoms with Gasteiger partial charge in [-0.15, -0.1) is 11.3 Å². The van der Waals surface area contributed by atoms with Crippen molar-refractivity contribution in [1.82, 2.24) is 14.9 Å². The van der Waals surface area contributed by atoms with Crippen LogP contribution < -0.4 is 5.73 Å². The lowest BCUT2D eigenvalue weighted by molar-refractivity contribution is 0.0993. The first kappa shape index (κ1) is 28.4. The fourth-order valence-electron chi connectivity index (χ4n) is 4.77. The van der Waals surface area contributed by atoms with Crippen molar-refractivity contribution >= 4 is 45.5 Å². The number of benzene rings is 1. The van der Waals surface area contributed by atoms with Crippen LogP contribution in [0.5, 0.6) is 0 Å². The highest BCUT2D eigenvalue weighted by Gasteiger charge is 2.19. The number of fused-ring (bicyclic) bond motifs is 2. The number of nitrogens with two attached hydrogens (primary N) is 1. The molecule has 0 saturated heterocycles. The maximum absolute atomic E-state index is 11.1. The molecule has 0 radical (unpaired) electrons. The highest BCUT2D eigenvalue weighted by molar-refractivity contribution is 7.13. The van der Waals surface area contributed by atoms with Crippen molar-refractivity contribution in [1.29, 1.82) is 0 Å². The zero-order valence-corrected chi connectivity index (χ0v) is 23.3. The number of hydrogen-bond donors (Lipinski definition) is 2. The summed E-state index contributed by atoms with van der Waals surface area (Å²) in [6.07, 6.45) is 12.9. The first-order valence-electron chi connectivity index (χ1n) is 13.0. The molecule has 0 unspecified atom stereocenters. The number of aromatic nitrogens is 2. The SMILES string of the molecule is CC(=O)c1nc2c(s1)CN(C)CC2.CCCC1CCCCCC1.NC(=O)c1cc2cc(Cl)ccc2[nH]1. The Balaban J connectivity index is 0.000000152. The maximum Gasteiger partial charge on any atom is 0.265 e. The van der Waals surface area contributed by atoms with Gasteiger partial charge >= 0.3 is 0 Å². The second kappa shape index (κ2) is 13.9. The van der Waals surface area contributed by atoms with Crippen LogP contribution in [-0.4, -0.2) is 40.2 Å². The normalized spacial score (nSPS) is 16.2. The molecule has 1 saturated carbocycles. The number of carbonyl (C=O) groups is 2. The lowest BCUT2D eigenvalue weighted by Gasteiger charge is -2.20. The van der Waals surface area contributed by atoms with Gasteiger partial charge in [-0.2, -0.15) is 0 Å². The van der Waals surface area contributed by atoms with E-state index < -0.39 is 5.91 Å². The Morgan fingerprint density at radius 1 is 1.19 bits per heavy atom. The van der Waals surface area contributed by atoms with Crippen LogP contribution in [-0.2, 0) is 13.0 Å². The molecule has 1 fully saturated rings. The van der Waals surface area contributed by atoms with Crippen LogP contribution in [0.1, 0.15) is 96.1 Å². The van der Waals surface area contributed by atoms with E-state index in [2.05, 4.69) is 28.8 Å². The molecule has 5 rings (SSSR count). The van der Waals surface area contributed by atoms with Crippen molar-refractivity contribution in [2.45, 2.75) is 78.2 Å². The van der Waals surface area contributed by atoms with Crippen molar-refractivity contribution in [2.24, 2.45) is 11.7 Å². The van der Waals surface area contributed by atoms with Crippen molar-refractivity contribution in [3.8, 4) is 0 Å². The molecule has 0 bridgehead atoms. The number of thiazole rings is 1. The van der Waals surface area contributed by atoms with Crippen LogP contribution in [0.4, 0.5) is 0 Å². The van der Waals surface area contributed by atoms with Crippen molar-refractivity contribution < 1.29 is 9.59 Å². The average molecular weight is 531 g/mol. The lowest BCUT2D eigenvalue weighted by atomic mass is 9.96. The second-order valence-corrected chi connectivity index (χ2v) is 11.4. The molecule has 1 aromatic carbocycles. The number of nitrogens with zero attached hydrogens (tertiary/aromatic N) is 2. The van der Waals surface area contributed by atoms with E-state index in [0.29, 0.717) is 15.7 Å². The number of amides is 1. The Bertz CT molecular complexity index is 1150. The number of halogens is 1. The minimum absolute atomic E-state index is 0.0852. The van der Waals surface area contributed by atoms with Gasteiger partial charge in [0.25, 0.3) is 5.91 Å². The zero-order valence-electron chi connectivity index (χ0n) is 21.7. The molecule has 3 aromatic rings. The Labute approximate surface area is 223 Å².